The fourth-order valence-electron chi connectivity index (χ4n) is 1.98. The SMILES string of the molecule is CC(C)CN(CCC(N)C(C)C)C1CC1. The van der Waals surface area contributed by atoms with Gasteiger partial charge in [-0.2, -0.15) is 0 Å². The molecule has 2 N–H and O–H groups in total. The summed E-state index contributed by atoms with van der Waals surface area (Å²) in [6.45, 7) is 11.5. The van der Waals surface area contributed by atoms with E-state index in [2.05, 4.69) is 32.6 Å². The largest absolute Gasteiger partial charge is 0.327 e. The van der Waals surface area contributed by atoms with Gasteiger partial charge in [0.1, 0.15) is 0 Å². The molecule has 15 heavy (non-hydrogen) atoms. The molecule has 0 heterocycles. The van der Waals surface area contributed by atoms with Crippen LogP contribution in [-0.4, -0.2) is 30.1 Å². The highest BCUT2D eigenvalue weighted by atomic mass is 15.2. The van der Waals surface area contributed by atoms with Crippen LogP contribution in [-0.2, 0) is 0 Å². The Labute approximate surface area is 95.2 Å². The highest BCUT2D eigenvalue weighted by molar-refractivity contribution is 4.85. The van der Waals surface area contributed by atoms with Gasteiger partial charge in [0, 0.05) is 18.6 Å². The Morgan fingerprint density at radius 3 is 2.20 bits per heavy atom. The average molecular weight is 212 g/mol. The molecule has 0 bridgehead atoms. The summed E-state index contributed by atoms with van der Waals surface area (Å²) < 4.78 is 0. The first kappa shape index (κ1) is 13.0. The van der Waals surface area contributed by atoms with Crippen LogP contribution in [0.5, 0.6) is 0 Å². The summed E-state index contributed by atoms with van der Waals surface area (Å²) in [7, 11) is 0. The van der Waals surface area contributed by atoms with Crippen molar-refractivity contribution in [1.29, 1.82) is 0 Å². The Kier molecular flexibility index (Phi) is 5.07. The second-order valence-corrected chi connectivity index (χ2v) is 5.82. The van der Waals surface area contributed by atoms with Gasteiger partial charge in [0.15, 0.2) is 0 Å². The lowest BCUT2D eigenvalue weighted by Gasteiger charge is -2.26. The highest BCUT2D eigenvalue weighted by Gasteiger charge is 2.29. The molecule has 0 spiro atoms. The molecule has 0 aromatic carbocycles. The van der Waals surface area contributed by atoms with Crippen molar-refractivity contribution >= 4 is 0 Å². The van der Waals surface area contributed by atoms with E-state index in [0.717, 1.165) is 18.4 Å². The van der Waals surface area contributed by atoms with Gasteiger partial charge in [0.25, 0.3) is 0 Å². The summed E-state index contributed by atoms with van der Waals surface area (Å²) in [5.41, 5.74) is 6.09. The molecule has 2 heteroatoms. The third kappa shape index (κ3) is 4.98. The molecule has 0 aromatic heterocycles. The fourth-order valence-corrected chi connectivity index (χ4v) is 1.98. The summed E-state index contributed by atoms with van der Waals surface area (Å²) in [6.07, 6.45) is 3.97. The van der Waals surface area contributed by atoms with Crippen molar-refractivity contribution in [1.82, 2.24) is 4.90 Å². The Hall–Kier alpha value is -0.0800. The Bertz CT molecular complexity index is 173. The molecule has 1 saturated carbocycles. The maximum absolute atomic E-state index is 6.09. The average Bonchev–Trinajstić information content (AvgIpc) is 2.93. The molecule has 1 aliphatic rings. The summed E-state index contributed by atoms with van der Waals surface area (Å²) in [4.78, 5) is 2.65. The Balaban J connectivity index is 2.25. The molecule has 0 radical (unpaired) electrons. The molecule has 90 valence electrons. The van der Waals surface area contributed by atoms with Crippen molar-refractivity contribution in [2.75, 3.05) is 13.1 Å². The smallest absolute Gasteiger partial charge is 0.00965 e. The molecule has 2 nitrogen and oxygen atoms in total. The lowest BCUT2D eigenvalue weighted by atomic mass is 10.0. The van der Waals surface area contributed by atoms with Gasteiger partial charge in [0.2, 0.25) is 0 Å². The van der Waals surface area contributed by atoms with Crippen LogP contribution in [0, 0.1) is 11.8 Å². The highest BCUT2D eigenvalue weighted by Crippen LogP contribution is 2.27. The molecule has 0 aliphatic heterocycles. The van der Waals surface area contributed by atoms with Crippen LogP contribution in [0.3, 0.4) is 0 Å². The summed E-state index contributed by atoms with van der Waals surface area (Å²) in [5, 5.41) is 0. The summed E-state index contributed by atoms with van der Waals surface area (Å²) in [6, 6.07) is 1.25. The molecule has 1 fully saturated rings. The second kappa shape index (κ2) is 5.86. The molecule has 0 saturated heterocycles. The minimum absolute atomic E-state index is 0.374. The van der Waals surface area contributed by atoms with Crippen LogP contribution in [0.15, 0.2) is 0 Å². The van der Waals surface area contributed by atoms with Crippen molar-refractivity contribution in [3.05, 3.63) is 0 Å². The Morgan fingerprint density at radius 1 is 1.20 bits per heavy atom. The third-order valence-corrected chi connectivity index (χ3v) is 3.27. The van der Waals surface area contributed by atoms with E-state index in [1.807, 2.05) is 0 Å². The van der Waals surface area contributed by atoms with Crippen LogP contribution in [0.1, 0.15) is 47.0 Å². The van der Waals surface area contributed by atoms with Crippen molar-refractivity contribution < 1.29 is 0 Å². The monoisotopic (exact) mass is 212 g/mol. The van der Waals surface area contributed by atoms with Crippen LogP contribution in [0.2, 0.25) is 0 Å². The maximum Gasteiger partial charge on any atom is 0.00965 e. The number of nitrogens with zero attached hydrogens (tertiary/aromatic N) is 1. The van der Waals surface area contributed by atoms with E-state index in [1.54, 1.807) is 0 Å². The molecule has 1 atom stereocenters. The topological polar surface area (TPSA) is 29.3 Å². The van der Waals surface area contributed by atoms with Crippen molar-refractivity contribution in [3.63, 3.8) is 0 Å². The predicted molar refractivity (Wildman–Crippen MR) is 66.9 cm³/mol. The number of hydrogen-bond acceptors (Lipinski definition) is 2. The van der Waals surface area contributed by atoms with Crippen LogP contribution in [0.4, 0.5) is 0 Å². The van der Waals surface area contributed by atoms with Crippen LogP contribution in [0.25, 0.3) is 0 Å². The number of rotatable bonds is 7. The molecule has 1 aliphatic carbocycles. The van der Waals surface area contributed by atoms with Gasteiger partial charge in [-0.1, -0.05) is 27.7 Å². The molecule has 0 aromatic rings. The fraction of sp³-hybridized carbons (Fsp3) is 1.00. The van der Waals surface area contributed by atoms with E-state index >= 15 is 0 Å². The normalized spacial score (nSPS) is 19.2. The lowest BCUT2D eigenvalue weighted by Crippen LogP contribution is -2.36. The van der Waals surface area contributed by atoms with Gasteiger partial charge in [-0.05, 0) is 37.6 Å². The first-order chi connectivity index (χ1) is 7.00. The van der Waals surface area contributed by atoms with Crippen molar-refractivity contribution in [2.24, 2.45) is 17.6 Å². The summed E-state index contributed by atoms with van der Waals surface area (Å²) in [5.74, 6) is 1.39. The van der Waals surface area contributed by atoms with E-state index in [-0.39, 0.29) is 0 Å². The lowest BCUT2D eigenvalue weighted by molar-refractivity contribution is 0.220. The van der Waals surface area contributed by atoms with E-state index in [4.69, 9.17) is 5.73 Å². The third-order valence-electron chi connectivity index (χ3n) is 3.27. The number of nitrogens with two attached hydrogens (primary N) is 1. The Morgan fingerprint density at radius 2 is 1.80 bits per heavy atom. The number of hydrogen-bond donors (Lipinski definition) is 1. The minimum Gasteiger partial charge on any atom is -0.327 e. The zero-order valence-corrected chi connectivity index (χ0v) is 10.9. The molecule has 1 unspecified atom stereocenters. The molecule has 0 amide bonds. The minimum atomic E-state index is 0.374. The molecule has 1 rings (SSSR count). The van der Waals surface area contributed by atoms with Crippen molar-refractivity contribution in [3.8, 4) is 0 Å². The van der Waals surface area contributed by atoms with Gasteiger partial charge in [-0.25, -0.2) is 0 Å². The van der Waals surface area contributed by atoms with E-state index in [9.17, 15) is 0 Å². The standard InChI is InChI=1S/C13H28N2/c1-10(2)9-15(12-5-6-12)8-7-13(14)11(3)4/h10-13H,5-9,14H2,1-4H3. The first-order valence-electron chi connectivity index (χ1n) is 6.50. The molecular weight excluding hydrogens is 184 g/mol. The summed E-state index contributed by atoms with van der Waals surface area (Å²) >= 11 is 0. The maximum atomic E-state index is 6.09. The van der Waals surface area contributed by atoms with E-state index in [1.165, 1.54) is 25.9 Å². The van der Waals surface area contributed by atoms with Crippen molar-refractivity contribution in [2.45, 2.75) is 59.0 Å². The van der Waals surface area contributed by atoms with Gasteiger partial charge in [-0.3, -0.25) is 0 Å². The zero-order chi connectivity index (χ0) is 11.4. The van der Waals surface area contributed by atoms with E-state index in [0.29, 0.717) is 12.0 Å². The van der Waals surface area contributed by atoms with E-state index < -0.39 is 0 Å². The molecular formula is C13H28N2. The zero-order valence-electron chi connectivity index (χ0n) is 10.9. The van der Waals surface area contributed by atoms with Gasteiger partial charge in [0.05, 0.1) is 0 Å². The quantitative estimate of drug-likeness (QED) is 0.702. The second-order valence-electron chi connectivity index (χ2n) is 5.82. The van der Waals surface area contributed by atoms with Crippen LogP contribution >= 0.6 is 0 Å². The van der Waals surface area contributed by atoms with Gasteiger partial charge in [-0.15, -0.1) is 0 Å². The predicted octanol–water partition coefficient (Wildman–Crippen LogP) is 2.48. The van der Waals surface area contributed by atoms with Gasteiger partial charge < -0.3 is 10.6 Å². The van der Waals surface area contributed by atoms with Gasteiger partial charge >= 0.3 is 0 Å². The van der Waals surface area contributed by atoms with Crippen LogP contribution < -0.4 is 5.73 Å². The first-order valence-corrected chi connectivity index (χ1v) is 6.50.